The molecular formula is C16H26O2. The van der Waals surface area contributed by atoms with Crippen LogP contribution < -0.4 is 0 Å². The molecule has 0 saturated heterocycles. The molecule has 2 nitrogen and oxygen atoms in total. The number of allylic oxidation sites excluding steroid dienone is 2. The fourth-order valence-electron chi connectivity index (χ4n) is 4.35. The van der Waals surface area contributed by atoms with Gasteiger partial charge in [-0.1, -0.05) is 27.2 Å². The number of hydrogen-bond donors (Lipinski definition) is 0. The van der Waals surface area contributed by atoms with Gasteiger partial charge in [0.1, 0.15) is 5.76 Å². The molecule has 0 radical (unpaired) electrons. The molecule has 0 aromatic carbocycles. The largest absolute Gasteiger partial charge is 0.432 e. The first-order chi connectivity index (χ1) is 8.22. The fourth-order valence-corrected chi connectivity index (χ4v) is 4.35. The highest BCUT2D eigenvalue weighted by Gasteiger charge is 2.70. The summed E-state index contributed by atoms with van der Waals surface area (Å²) in [7, 11) is 0. The van der Waals surface area contributed by atoms with E-state index >= 15 is 0 Å². The van der Waals surface area contributed by atoms with E-state index in [-0.39, 0.29) is 5.97 Å². The highest BCUT2D eigenvalue weighted by molar-refractivity contribution is 5.67. The lowest BCUT2D eigenvalue weighted by atomic mass is 9.62. The first-order valence-corrected chi connectivity index (χ1v) is 7.08. The van der Waals surface area contributed by atoms with Gasteiger partial charge >= 0.3 is 5.97 Å². The summed E-state index contributed by atoms with van der Waals surface area (Å²) < 4.78 is 5.13. The fraction of sp³-hybridized carbons (Fsp3) is 0.812. The van der Waals surface area contributed by atoms with Gasteiger partial charge in [0.25, 0.3) is 0 Å². The Balaban J connectivity index is 2.11. The molecule has 0 bridgehead atoms. The maximum Gasteiger partial charge on any atom is 0.307 e. The van der Waals surface area contributed by atoms with Crippen LogP contribution in [0.25, 0.3) is 0 Å². The maximum absolute atomic E-state index is 10.9. The number of fused-ring (bicyclic) bond motifs is 1. The molecule has 2 fully saturated rings. The van der Waals surface area contributed by atoms with E-state index in [2.05, 4.69) is 26.8 Å². The van der Waals surface area contributed by atoms with Gasteiger partial charge in [0, 0.05) is 6.92 Å². The lowest BCUT2D eigenvalue weighted by Crippen LogP contribution is -2.34. The zero-order valence-corrected chi connectivity index (χ0v) is 12.4. The van der Waals surface area contributed by atoms with Crippen LogP contribution in [-0.4, -0.2) is 5.97 Å². The Morgan fingerprint density at radius 2 is 1.89 bits per heavy atom. The molecule has 0 aromatic rings. The number of ether oxygens (including phenoxy) is 1. The third-order valence-electron chi connectivity index (χ3n) is 5.59. The Hall–Kier alpha value is -0.790. The molecule has 0 heterocycles. The molecule has 0 N–H and O–H groups in total. The molecule has 18 heavy (non-hydrogen) atoms. The van der Waals surface area contributed by atoms with Gasteiger partial charge in [0.05, 0.1) is 0 Å². The van der Waals surface area contributed by atoms with Crippen molar-refractivity contribution >= 4 is 5.97 Å². The smallest absolute Gasteiger partial charge is 0.307 e. The summed E-state index contributed by atoms with van der Waals surface area (Å²) in [6.45, 7) is 10.6. The number of carbonyl (C=O) groups excluding carboxylic acids is 1. The van der Waals surface area contributed by atoms with Crippen LogP contribution in [0.4, 0.5) is 0 Å². The highest BCUT2D eigenvalue weighted by atomic mass is 16.5. The van der Waals surface area contributed by atoms with Crippen LogP contribution in [0.1, 0.15) is 66.7 Å². The van der Waals surface area contributed by atoms with Gasteiger partial charge in [0.15, 0.2) is 0 Å². The van der Waals surface area contributed by atoms with Crippen molar-refractivity contribution < 1.29 is 9.53 Å². The van der Waals surface area contributed by atoms with E-state index in [0.717, 1.165) is 12.2 Å². The van der Waals surface area contributed by atoms with Crippen molar-refractivity contribution in [1.82, 2.24) is 0 Å². The molecule has 0 aliphatic heterocycles. The molecule has 2 aliphatic carbocycles. The normalized spacial score (nSPS) is 37.9. The average Bonchev–Trinajstić information content (AvgIpc) is 2.82. The van der Waals surface area contributed by atoms with Crippen molar-refractivity contribution in [2.24, 2.45) is 16.2 Å². The van der Waals surface area contributed by atoms with Crippen molar-refractivity contribution in [3.05, 3.63) is 11.8 Å². The van der Waals surface area contributed by atoms with Gasteiger partial charge in [0.2, 0.25) is 0 Å². The summed E-state index contributed by atoms with van der Waals surface area (Å²) in [5.41, 5.74) is 1.36. The topological polar surface area (TPSA) is 26.3 Å². The lowest BCUT2D eigenvalue weighted by Gasteiger charge is -2.42. The van der Waals surface area contributed by atoms with Crippen LogP contribution in [0, 0.1) is 16.2 Å². The predicted molar refractivity (Wildman–Crippen MR) is 72.9 cm³/mol. The lowest BCUT2D eigenvalue weighted by molar-refractivity contribution is -0.136. The number of carbonyl (C=O) groups is 1. The van der Waals surface area contributed by atoms with Crippen LogP contribution in [0.5, 0.6) is 0 Å². The van der Waals surface area contributed by atoms with Gasteiger partial charge in [-0.2, -0.15) is 0 Å². The van der Waals surface area contributed by atoms with Gasteiger partial charge < -0.3 is 4.74 Å². The minimum Gasteiger partial charge on any atom is -0.432 e. The van der Waals surface area contributed by atoms with E-state index in [1.165, 1.54) is 32.6 Å². The Bertz CT molecular complexity index is 394. The zero-order chi connectivity index (χ0) is 13.6. The van der Waals surface area contributed by atoms with E-state index in [9.17, 15) is 4.79 Å². The Kier molecular flexibility index (Phi) is 3.11. The zero-order valence-electron chi connectivity index (χ0n) is 12.4. The molecule has 0 aromatic heterocycles. The van der Waals surface area contributed by atoms with Crippen molar-refractivity contribution in [2.75, 3.05) is 0 Å². The Morgan fingerprint density at radius 3 is 2.44 bits per heavy atom. The Morgan fingerprint density at radius 1 is 1.22 bits per heavy atom. The van der Waals surface area contributed by atoms with Crippen molar-refractivity contribution in [2.45, 2.75) is 66.7 Å². The molecular weight excluding hydrogens is 224 g/mol. The van der Waals surface area contributed by atoms with E-state index in [1.807, 2.05) is 6.92 Å². The second kappa shape index (κ2) is 4.11. The summed E-state index contributed by atoms with van der Waals surface area (Å²) in [6.07, 6.45) is 8.55. The molecule has 2 aliphatic rings. The summed E-state index contributed by atoms with van der Waals surface area (Å²) >= 11 is 0. The molecule has 0 spiro atoms. The third kappa shape index (κ3) is 2.00. The van der Waals surface area contributed by atoms with E-state index < -0.39 is 0 Å². The first kappa shape index (κ1) is 13.6. The van der Waals surface area contributed by atoms with Crippen molar-refractivity contribution in [3.8, 4) is 0 Å². The van der Waals surface area contributed by atoms with E-state index in [4.69, 9.17) is 4.74 Å². The molecule has 102 valence electrons. The van der Waals surface area contributed by atoms with E-state index in [0.29, 0.717) is 16.2 Å². The van der Waals surface area contributed by atoms with Crippen molar-refractivity contribution in [3.63, 3.8) is 0 Å². The molecule has 2 atom stereocenters. The minimum atomic E-state index is -0.220. The minimum absolute atomic E-state index is 0.220. The monoisotopic (exact) mass is 250 g/mol. The molecule has 0 amide bonds. The molecule has 2 saturated carbocycles. The van der Waals surface area contributed by atoms with Crippen LogP contribution in [-0.2, 0) is 9.53 Å². The second-order valence-corrected chi connectivity index (χ2v) is 7.17. The van der Waals surface area contributed by atoms with Gasteiger partial charge in [-0.25, -0.2) is 0 Å². The SMILES string of the molecule is CC(=O)OC(C)=CCC12CC1(C)CCCC2(C)C. The van der Waals surface area contributed by atoms with E-state index in [1.54, 1.807) is 0 Å². The third-order valence-corrected chi connectivity index (χ3v) is 5.59. The maximum atomic E-state index is 10.9. The summed E-state index contributed by atoms with van der Waals surface area (Å²) in [6, 6.07) is 0. The predicted octanol–water partition coefficient (Wildman–Crippen LogP) is 4.45. The standard InChI is InChI=1S/C16H26O2/c1-12(18-13(2)17)7-10-16-11-15(16,5)9-6-8-14(16,3)4/h7H,6,8-11H2,1-5H3. The van der Waals surface area contributed by atoms with Gasteiger partial charge in [-0.3, -0.25) is 4.79 Å². The van der Waals surface area contributed by atoms with Crippen LogP contribution in [0.15, 0.2) is 11.8 Å². The highest BCUT2D eigenvalue weighted by Crippen LogP contribution is 2.79. The van der Waals surface area contributed by atoms with Crippen LogP contribution >= 0.6 is 0 Å². The molecule has 2 unspecified atom stereocenters. The number of rotatable bonds is 3. The Labute approximate surface area is 111 Å². The van der Waals surface area contributed by atoms with Gasteiger partial charge in [-0.15, -0.1) is 0 Å². The van der Waals surface area contributed by atoms with Crippen molar-refractivity contribution in [1.29, 1.82) is 0 Å². The summed E-state index contributed by atoms with van der Waals surface area (Å²) in [5.74, 6) is 0.537. The molecule has 2 rings (SSSR count). The van der Waals surface area contributed by atoms with Gasteiger partial charge in [-0.05, 0) is 54.9 Å². The summed E-state index contributed by atoms with van der Waals surface area (Å²) in [5, 5.41) is 0. The average molecular weight is 250 g/mol. The molecule has 2 heteroatoms. The first-order valence-electron chi connectivity index (χ1n) is 7.08. The van der Waals surface area contributed by atoms with Crippen LogP contribution in [0.3, 0.4) is 0 Å². The van der Waals surface area contributed by atoms with Crippen LogP contribution in [0.2, 0.25) is 0 Å². The second-order valence-electron chi connectivity index (χ2n) is 7.17. The summed E-state index contributed by atoms with van der Waals surface area (Å²) in [4.78, 5) is 10.9. The number of esters is 1. The number of hydrogen-bond acceptors (Lipinski definition) is 2. The quantitative estimate of drug-likeness (QED) is 0.546.